The van der Waals surface area contributed by atoms with E-state index >= 15 is 0 Å². The van der Waals surface area contributed by atoms with Crippen LogP contribution in [-0.4, -0.2) is 30.8 Å². The number of rotatable bonds is 4. The van der Waals surface area contributed by atoms with Gasteiger partial charge in [-0.15, -0.1) is 0 Å². The molecule has 24 heavy (non-hydrogen) atoms. The lowest BCUT2D eigenvalue weighted by Crippen LogP contribution is -2.32. The van der Waals surface area contributed by atoms with Crippen molar-refractivity contribution >= 4 is 5.82 Å². The normalized spacial score (nSPS) is 16.6. The van der Waals surface area contributed by atoms with Gasteiger partial charge in [-0.3, -0.25) is 0 Å². The Hall–Kier alpha value is -2.76. The Bertz CT molecular complexity index is 827. The molecule has 6 nitrogen and oxygen atoms in total. The molecule has 6 heteroatoms. The van der Waals surface area contributed by atoms with Crippen LogP contribution in [0.25, 0.3) is 11.4 Å². The Balaban J connectivity index is 1.50. The molecule has 0 aliphatic carbocycles. The first-order valence-electron chi connectivity index (χ1n) is 8.39. The summed E-state index contributed by atoms with van der Waals surface area (Å²) in [6, 6.07) is 12.3. The number of nitrogens with zero attached hydrogens (tertiary/aromatic N) is 5. The maximum absolute atomic E-state index is 4.65. The van der Waals surface area contributed by atoms with Gasteiger partial charge in [0, 0.05) is 30.6 Å². The van der Waals surface area contributed by atoms with Gasteiger partial charge in [0.05, 0.1) is 6.54 Å². The lowest BCUT2D eigenvalue weighted by molar-refractivity contribution is 0.439. The van der Waals surface area contributed by atoms with Gasteiger partial charge < -0.3 is 5.32 Å². The van der Waals surface area contributed by atoms with Crippen LogP contribution in [0.5, 0.6) is 0 Å². The Morgan fingerprint density at radius 2 is 2.04 bits per heavy atom. The summed E-state index contributed by atoms with van der Waals surface area (Å²) in [5.41, 5.74) is 1.02. The fraction of sp³-hybridized carbons (Fsp3) is 0.333. The fourth-order valence-electron chi connectivity index (χ4n) is 3.00. The molecular formula is C18H20N6. The predicted octanol–water partition coefficient (Wildman–Crippen LogP) is 2.72. The van der Waals surface area contributed by atoms with Crippen molar-refractivity contribution in [1.82, 2.24) is 24.7 Å². The molecule has 122 valence electrons. The Kier molecular flexibility index (Phi) is 3.94. The number of nitrogens with one attached hydrogen (secondary N) is 1. The van der Waals surface area contributed by atoms with Crippen LogP contribution in [0.2, 0.25) is 0 Å². The van der Waals surface area contributed by atoms with Gasteiger partial charge in [-0.05, 0) is 12.5 Å². The molecule has 0 amide bonds. The van der Waals surface area contributed by atoms with Crippen molar-refractivity contribution < 1.29 is 0 Å². The molecule has 1 aromatic carbocycles. The van der Waals surface area contributed by atoms with E-state index in [4.69, 9.17) is 0 Å². The molecule has 1 aliphatic heterocycles. The minimum Gasteiger partial charge on any atom is -0.365 e. The molecule has 0 fully saturated rings. The fourth-order valence-corrected chi connectivity index (χ4v) is 3.00. The first-order chi connectivity index (χ1) is 11.8. The van der Waals surface area contributed by atoms with Gasteiger partial charge in [0.2, 0.25) is 0 Å². The van der Waals surface area contributed by atoms with Crippen molar-refractivity contribution in [2.24, 2.45) is 0 Å². The monoisotopic (exact) mass is 320 g/mol. The highest BCUT2D eigenvalue weighted by Gasteiger charge is 2.21. The summed E-state index contributed by atoms with van der Waals surface area (Å²) in [5.74, 6) is 3.62. The molecule has 3 aromatic rings. The molecule has 0 radical (unpaired) electrons. The lowest BCUT2D eigenvalue weighted by atomic mass is 10.1. The summed E-state index contributed by atoms with van der Waals surface area (Å²) in [7, 11) is 0. The van der Waals surface area contributed by atoms with E-state index in [1.165, 1.54) is 0 Å². The molecule has 2 aromatic heterocycles. The van der Waals surface area contributed by atoms with E-state index in [0.29, 0.717) is 6.04 Å². The van der Waals surface area contributed by atoms with E-state index in [-0.39, 0.29) is 0 Å². The van der Waals surface area contributed by atoms with E-state index in [1.807, 2.05) is 41.1 Å². The molecule has 0 bridgehead atoms. The van der Waals surface area contributed by atoms with Crippen LogP contribution >= 0.6 is 0 Å². The van der Waals surface area contributed by atoms with E-state index < -0.39 is 0 Å². The molecule has 1 atom stereocenters. The molecule has 3 heterocycles. The summed E-state index contributed by atoms with van der Waals surface area (Å²) in [6.45, 7) is 2.91. The second kappa shape index (κ2) is 6.39. The van der Waals surface area contributed by atoms with E-state index in [2.05, 4.69) is 32.3 Å². The zero-order chi connectivity index (χ0) is 16.4. The SMILES string of the molecule is CCc1nc2n(n1)C[C@H](Nc1ccnc(-c3ccccc3)n1)CC2. The average Bonchev–Trinajstić information content (AvgIpc) is 3.05. The quantitative estimate of drug-likeness (QED) is 0.800. The number of benzene rings is 1. The van der Waals surface area contributed by atoms with Gasteiger partial charge in [0.25, 0.3) is 0 Å². The molecule has 1 aliphatic rings. The maximum atomic E-state index is 4.65. The van der Waals surface area contributed by atoms with Crippen molar-refractivity contribution in [3.05, 3.63) is 54.2 Å². The van der Waals surface area contributed by atoms with Crippen molar-refractivity contribution in [3.8, 4) is 11.4 Å². The van der Waals surface area contributed by atoms with Crippen LogP contribution in [-0.2, 0) is 19.4 Å². The van der Waals surface area contributed by atoms with Gasteiger partial charge in [-0.1, -0.05) is 37.3 Å². The number of hydrogen-bond acceptors (Lipinski definition) is 5. The number of hydrogen-bond donors (Lipinski definition) is 1. The predicted molar refractivity (Wildman–Crippen MR) is 92.6 cm³/mol. The number of anilines is 1. The van der Waals surface area contributed by atoms with Crippen LogP contribution in [0.1, 0.15) is 25.0 Å². The molecule has 0 saturated carbocycles. The third-order valence-electron chi connectivity index (χ3n) is 4.26. The molecular weight excluding hydrogens is 300 g/mol. The van der Waals surface area contributed by atoms with Crippen LogP contribution in [0, 0.1) is 0 Å². The average molecular weight is 320 g/mol. The van der Waals surface area contributed by atoms with Crippen LogP contribution < -0.4 is 5.32 Å². The van der Waals surface area contributed by atoms with Crippen LogP contribution in [0.4, 0.5) is 5.82 Å². The number of aryl methyl sites for hydroxylation is 2. The van der Waals surface area contributed by atoms with E-state index in [0.717, 1.165) is 54.7 Å². The van der Waals surface area contributed by atoms with Crippen molar-refractivity contribution in [2.75, 3.05) is 5.32 Å². The maximum Gasteiger partial charge on any atom is 0.161 e. The highest BCUT2D eigenvalue weighted by atomic mass is 15.4. The summed E-state index contributed by atoms with van der Waals surface area (Å²) < 4.78 is 2.03. The second-order valence-electron chi connectivity index (χ2n) is 5.99. The van der Waals surface area contributed by atoms with Gasteiger partial charge in [0.1, 0.15) is 11.6 Å². The summed E-state index contributed by atoms with van der Waals surface area (Å²) in [4.78, 5) is 13.6. The van der Waals surface area contributed by atoms with Crippen LogP contribution in [0.15, 0.2) is 42.6 Å². The van der Waals surface area contributed by atoms with Gasteiger partial charge in [-0.2, -0.15) is 5.10 Å². The molecule has 4 rings (SSSR count). The topological polar surface area (TPSA) is 68.5 Å². The molecule has 0 unspecified atom stereocenters. The largest absolute Gasteiger partial charge is 0.365 e. The smallest absolute Gasteiger partial charge is 0.161 e. The Labute approximate surface area is 141 Å². The molecule has 0 spiro atoms. The third-order valence-corrected chi connectivity index (χ3v) is 4.26. The van der Waals surface area contributed by atoms with Gasteiger partial charge >= 0.3 is 0 Å². The third kappa shape index (κ3) is 2.99. The highest BCUT2D eigenvalue weighted by molar-refractivity contribution is 5.56. The van der Waals surface area contributed by atoms with Gasteiger partial charge in [-0.25, -0.2) is 19.6 Å². The number of fused-ring (bicyclic) bond motifs is 1. The molecule has 0 saturated heterocycles. The minimum absolute atomic E-state index is 0.308. The highest BCUT2D eigenvalue weighted by Crippen LogP contribution is 2.19. The van der Waals surface area contributed by atoms with Gasteiger partial charge in [0.15, 0.2) is 11.6 Å². The first-order valence-corrected chi connectivity index (χ1v) is 8.39. The molecule has 1 N–H and O–H groups in total. The summed E-state index contributed by atoms with van der Waals surface area (Å²) >= 11 is 0. The van der Waals surface area contributed by atoms with Crippen molar-refractivity contribution in [2.45, 2.75) is 38.8 Å². The first kappa shape index (κ1) is 14.8. The zero-order valence-corrected chi connectivity index (χ0v) is 13.7. The van der Waals surface area contributed by atoms with Crippen LogP contribution in [0.3, 0.4) is 0 Å². The number of aromatic nitrogens is 5. The van der Waals surface area contributed by atoms with Crippen molar-refractivity contribution in [3.63, 3.8) is 0 Å². The Morgan fingerprint density at radius 1 is 1.17 bits per heavy atom. The summed E-state index contributed by atoms with van der Waals surface area (Å²) in [6.07, 6.45) is 4.66. The summed E-state index contributed by atoms with van der Waals surface area (Å²) in [5, 5.41) is 8.08. The van der Waals surface area contributed by atoms with E-state index in [1.54, 1.807) is 6.20 Å². The van der Waals surface area contributed by atoms with E-state index in [9.17, 15) is 0 Å². The Morgan fingerprint density at radius 3 is 2.88 bits per heavy atom. The van der Waals surface area contributed by atoms with Crippen molar-refractivity contribution in [1.29, 1.82) is 0 Å². The standard InChI is InChI=1S/C18H20N6/c1-2-15-21-17-9-8-14(12-24(17)23-15)20-16-10-11-19-18(22-16)13-6-4-3-5-7-13/h3-7,10-11,14H,2,8-9,12H2,1H3,(H,19,20,22)/t14-/m1/s1. The second-order valence-corrected chi connectivity index (χ2v) is 5.99. The lowest BCUT2D eigenvalue weighted by Gasteiger charge is -2.24. The minimum atomic E-state index is 0.308. The zero-order valence-electron chi connectivity index (χ0n) is 13.7.